The number of aliphatic hydroxyl groups is 1. The maximum atomic E-state index is 13.1. The van der Waals surface area contributed by atoms with Gasteiger partial charge in [0.15, 0.2) is 0 Å². The van der Waals surface area contributed by atoms with E-state index in [9.17, 15) is 9.50 Å². The second-order valence-corrected chi connectivity index (χ2v) is 5.40. The van der Waals surface area contributed by atoms with Crippen LogP contribution in [0.1, 0.15) is 22.8 Å². The first kappa shape index (κ1) is 13.8. The molecule has 0 radical (unpaired) electrons. The maximum Gasteiger partial charge on any atom is 0.123 e. The third-order valence-electron chi connectivity index (χ3n) is 3.88. The Balaban J connectivity index is 1.87. The first-order chi connectivity index (χ1) is 10.1. The van der Waals surface area contributed by atoms with E-state index in [1.165, 1.54) is 12.1 Å². The van der Waals surface area contributed by atoms with Crippen LogP contribution < -0.4 is 0 Å². The van der Waals surface area contributed by atoms with Gasteiger partial charge >= 0.3 is 0 Å². The van der Waals surface area contributed by atoms with E-state index in [-0.39, 0.29) is 5.82 Å². The second kappa shape index (κ2) is 5.66. The Morgan fingerprint density at radius 3 is 2.48 bits per heavy atom. The third-order valence-corrected chi connectivity index (χ3v) is 3.88. The molecule has 21 heavy (non-hydrogen) atoms. The molecule has 1 atom stereocenters. The number of hydrogen-bond acceptors (Lipinski definition) is 1. The lowest BCUT2D eigenvalue weighted by atomic mass is 9.96. The molecular formula is C19H17FO. The normalized spacial score (nSPS) is 12.5. The van der Waals surface area contributed by atoms with Crippen LogP contribution >= 0.6 is 0 Å². The van der Waals surface area contributed by atoms with Gasteiger partial charge in [-0.1, -0.05) is 42.5 Å². The monoisotopic (exact) mass is 280 g/mol. The van der Waals surface area contributed by atoms with Gasteiger partial charge in [-0.2, -0.15) is 0 Å². The Kier molecular flexibility index (Phi) is 3.72. The molecule has 3 aromatic carbocycles. The number of hydrogen-bond donors (Lipinski definition) is 1. The van der Waals surface area contributed by atoms with Crippen molar-refractivity contribution in [3.8, 4) is 0 Å². The van der Waals surface area contributed by atoms with Gasteiger partial charge in [-0.15, -0.1) is 0 Å². The van der Waals surface area contributed by atoms with Crippen LogP contribution in [0.25, 0.3) is 10.8 Å². The zero-order valence-electron chi connectivity index (χ0n) is 11.9. The molecule has 3 aromatic rings. The van der Waals surface area contributed by atoms with E-state index in [2.05, 4.69) is 6.07 Å². The fourth-order valence-corrected chi connectivity index (χ4v) is 2.63. The molecule has 0 aliphatic carbocycles. The topological polar surface area (TPSA) is 20.2 Å². The number of fused-ring (bicyclic) bond motifs is 1. The van der Waals surface area contributed by atoms with E-state index in [1.807, 2.05) is 43.3 Å². The van der Waals surface area contributed by atoms with Gasteiger partial charge in [0.05, 0.1) is 6.10 Å². The van der Waals surface area contributed by atoms with Gasteiger partial charge in [0.2, 0.25) is 0 Å². The molecule has 2 heteroatoms. The third kappa shape index (κ3) is 2.96. The highest BCUT2D eigenvalue weighted by molar-refractivity contribution is 5.83. The number of halogens is 1. The SMILES string of the molecule is Cc1cc(F)ccc1CC(O)c1ccc2ccccc2c1. The minimum Gasteiger partial charge on any atom is -0.388 e. The highest BCUT2D eigenvalue weighted by Gasteiger charge is 2.11. The van der Waals surface area contributed by atoms with Gasteiger partial charge in [-0.05, 0) is 52.6 Å². The zero-order valence-corrected chi connectivity index (χ0v) is 11.9. The summed E-state index contributed by atoms with van der Waals surface area (Å²) in [5, 5.41) is 12.7. The van der Waals surface area contributed by atoms with Crippen LogP contribution in [-0.4, -0.2) is 5.11 Å². The van der Waals surface area contributed by atoms with Crippen molar-refractivity contribution in [3.63, 3.8) is 0 Å². The maximum absolute atomic E-state index is 13.1. The summed E-state index contributed by atoms with van der Waals surface area (Å²) in [6, 6.07) is 18.7. The highest BCUT2D eigenvalue weighted by Crippen LogP contribution is 2.24. The van der Waals surface area contributed by atoms with E-state index in [1.54, 1.807) is 6.07 Å². The van der Waals surface area contributed by atoms with Crippen LogP contribution in [0.3, 0.4) is 0 Å². The summed E-state index contributed by atoms with van der Waals surface area (Å²) in [6.45, 7) is 1.87. The largest absolute Gasteiger partial charge is 0.388 e. The Bertz CT molecular complexity index is 779. The smallest absolute Gasteiger partial charge is 0.123 e. The predicted octanol–water partition coefficient (Wildman–Crippen LogP) is 4.56. The van der Waals surface area contributed by atoms with Crippen molar-refractivity contribution in [3.05, 3.63) is 83.2 Å². The van der Waals surface area contributed by atoms with Crippen molar-refractivity contribution >= 4 is 10.8 Å². The minimum absolute atomic E-state index is 0.239. The lowest BCUT2D eigenvalue weighted by molar-refractivity contribution is 0.178. The Morgan fingerprint density at radius 1 is 0.952 bits per heavy atom. The lowest BCUT2D eigenvalue weighted by Crippen LogP contribution is -2.03. The van der Waals surface area contributed by atoms with Crippen molar-refractivity contribution in [1.82, 2.24) is 0 Å². The summed E-state index contributed by atoms with van der Waals surface area (Å²) in [5.41, 5.74) is 2.73. The first-order valence-electron chi connectivity index (χ1n) is 7.05. The van der Waals surface area contributed by atoms with Crippen LogP contribution in [0.5, 0.6) is 0 Å². The molecule has 0 spiro atoms. The van der Waals surface area contributed by atoms with E-state index >= 15 is 0 Å². The van der Waals surface area contributed by atoms with Gasteiger partial charge < -0.3 is 5.11 Å². The van der Waals surface area contributed by atoms with Gasteiger partial charge in [0.1, 0.15) is 5.82 Å². The van der Waals surface area contributed by atoms with Crippen molar-refractivity contribution in [2.24, 2.45) is 0 Å². The fourth-order valence-electron chi connectivity index (χ4n) is 2.63. The molecule has 0 saturated carbocycles. The Morgan fingerprint density at radius 2 is 1.71 bits per heavy atom. The second-order valence-electron chi connectivity index (χ2n) is 5.40. The zero-order chi connectivity index (χ0) is 14.8. The number of aliphatic hydroxyl groups excluding tert-OH is 1. The average Bonchev–Trinajstić information content (AvgIpc) is 2.49. The fraction of sp³-hybridized carbons (Fsp3) is 0.158. The standard InChI is InChI=1S/C19H17FO/c1-13-10-18(20)9-8-15(13)12-19(21)17-7-6-14-4-2-3-5-16(14)11-17/h2-11,19,21H,12H2,1H3. The van der Waals surface area contributed by atoms with Crippen molar-refractivity contribution in [2.75, 3.05) is 0 Å². The van der Waals surface area contributed by atoms with Crippen molar-refractivity contribution in [1.29, 1.82) is 0 Å². The predicted molar refractivity (Wildman–Crippen MR) is 83.7 cm³/mol. The molecule has 0 bridgehead atoms. The van der Waals surface area contributed by atoms with Crippen molar-refractivity contribution < 1.29 is 9.50 Å². The molecule has 0 saturated heterocycles. The molecule has 106 valence electrons. The minimum atomic E-state index is -0.584. The van der Waals surface area contributed by atoms with E-state index < -0.39 is 6.10 Å². The summed E-state index contributed by atoms with van der Waals surface area (Å²) in [4.78, 5) is 0. The number of aryl methyl sites for hydroxylation is 1. The molecule has 0 amide bonds. The molecule has 0 aromatic heterocycles. The quantitative estimate of drug-likeness (QED) is 0.745. The van der Waals surface area contributed by atoms with Crippen LogP contribution in [0.4, 0.5) is 4.39 Å². The molecule has 0 aliphatic rings. The van der Waals surface area contributed by atoms with Gasteiger partial charge in [-0.3, -0.25) is 0 Å². The number of benzene rings is 3. The van der Waals surface area contributed by atoms with Gasteiger partial charge in [-0.25, -0.2) is 4.39 Å². The summed E-state index contributed by atoms with van der Waals surface area (Å²) < 4.78 is 13.1. The van der Waals surface area contributed by atoms with Gasteiger partial charge in [0.25, 0.3) is 0 Å². The summed E-state index contributed by atoms with van der Waals surface area (Å²) in [6.07, 6.45) is -0.0939. The van der Waals surface area contributed by atoms with Crippen LogP contribution in [0.2, 0.25) is 0 Å². The number of rotatable bonds is 3. The van der Waals surface area contributed by atoms with Crippen LogP contribution in [-0.2, 0) is 6.42 Å². The van der Waals surface area contributed by atoms with E-state index in [0.29, 0.717) is 6.42 Å². The van der Waals surface area contributed by atoms with E-state index in [4.69, 9.17) is 0 Å². The van der Waals surface area contributed by atoms with Gasteiger partial charge in [0, 0.05) is 6.42 Å². The van der Waals surface area contributed by atoms with Crippen LogP contribution in [0, 0.1) is 12.7 Å². The molecule has 1 nitrogen and oxygen atoms in total. The lowest BCUT2D eigenvalue weighted by Gasteiger charge is -2.14. The van der Waals surface area contributed by atoms with Crippen molar-refractivity contribution in [2.45, 2.75) is 19.4 Å². The first-order valence-corrected chi connectivity index (χ1v) is 7.05. The Labute approximate surface area is 123 Å². The summed E-state index contributed by atoms with van der Waals surface area (Å²) in [7, 11) is 0. The molecule has 0 aliphatic heterocycles. The molecule has 3 rings (SSSR count). The molecule has 1 N–H and O–H groups in total. The van der Waals surface area contributed by atoms with E-state index in [0.717, 1.165) is 27.5 Å². The average molecular weight is 280 g/mol. The highest BCUT2D eigenvalue weighted by atomic mass is 19.1. The summed E-state index contributed by atoms with van der Waals surface area (Å²) >= 11 is 0. The molecule has 0 heterocycles. The molecular weight excluding hydrogens is 263 g/mol. The van der Waals surface area contributed by atoms with Crippen LogP contribution in [0.15, 0.2) is 60.7 Å². The molecule has 1 unspecified atom stereocenters. The molecule has 0 fully saturated rings. The Hall–Kier alpha value is -2.19. The summed E-state index contributed by atoms with van der Waals surface area (Å²) in [5.74, 6) is -0.239.